The van der Waals surface area contributed by atoms with E-state index >= 15 is 0 Å². The lowest BCUT2D eigenvalue weighted by Crippen LogP contribution is -2.55. The minimum Gasteiger partial charge on any atom is -0.240 e. The van der Waals surface area contributed by atoms with Gasteiger partial charge in [0.05, 0.1) is 6.42 Å². The summed E-state index contributed by atoms with van der Waals surface area (Å²) in [6, 6.07) is 3.28. The van der Waals surface area contributed by atoms with Gasteiger partial charge in [0, 0.05) is 12.1 Å². The predicted octanol–water partition coefficient (Wildman–Crippen LogP) is 2.60. The first kappa shape index (κ1) is 19.5. The first-order valence-electron chi connectivity index (χ1n) is 5.58. The van der Waals surface area contributed by atoms with E-state index in [1.807, 2.05) is 0 Å². The Labute approximate surface area is 124 Å². The number of alkyl halides is 8. The fourth-order valence-corrected chi connectivity index (χ4v) is 2.18. The van der Waals surface area contributed by atoms with Crippen LogP contribution in [0.15, 0.2) is 30.6 Å². The molecule has 0 aromatic carbocycles. The van der Waals surface area contributed by atoms with Crippen LogP contribution >= 0.6 is 0 Å². The van der Waals surface area contributed by atoms with Gasteiger partial charge in [0.1, 0.15) is 0 Å². The van der Waals surface area contributed by atoms with Crippen molar-refractivity contribution in [2.24, 2.45) is 0 Å². The molecule has 0 bridgehead atoms. The highest BCUT2D eigenvalue weighted by molar-refractivity contribution is 7.80. The summed E-state index contributed by atoms with van der Waals surface area (Å²) in [4.78, 5) is 0. The number of hydrogen-bond donors (Lipinski definition) is 0. The fraction of sp³-hybridized carbons (Fsp3) is 0.500. The van der Waals surface area contributed by atoms with Crippen LogP contribution in [0.2, 0.25) is 0 Å². The second-order valence-electron chi connectivity index (χ2n) is 4.17. The Kier molecular flexibility index (Phi) is 5.26. The van der Waals surface area contributed by atoms with Crippen LogP contribution in [-0.4, -0.2) is 32.8 Å². The number of rotatable bonds is 6. The van der Waals surface area contributed by atoms with Gasteiger partial charge in [0.15, 0.2) is 18.6 Å². The minimum atomic E-state index is -6.04. The van der Waals surface area contributed by atoms with Crippen LogP contribution in [0.25, 0.3) is 0 Å². The van der Waals surface area contributed by atoms with E-state index < -0.39 is 41.1 Å². The van der Waals surface area contributed by atoms with Gasteiger partial charge in [-0.1, -0.05) is 10.0 Å². The summed E-state index contributed by atoms with van der Waals surface area (Å²) in [7, 11) is -5.54. The van der Waals surface area contributed by atoms with E-state index in [0.29, 0.717) is 12.4 Å². The second kappa shape index (κ2) is 6.19. The first-order valence-corrected chi connectivity index (χ1v) is 6.94. The third-order valence-electron chi connectivity index (χ3n) is 2.35. The standard InChI is InChI=1S/C10H8F8NO3S/c11-7(6-8(12,13)14)9(15,16)10(17,18)22-23(20,21)19-4-2-1-3-5-19/h1-5,7H,6H2/q+1. The molecule has 0 aliphatic heterocycles. The van der Waals surface area contributed by atoms with Crippen molar-refractivity contribution in [3.05, 3.63) is 30.6 Å². The van der Waals surface area contributed by atoms with Crippen molar-refractivity contribution in [1.82, 2.24) is 0 Å². The molecule has 1 aromatic heterocycles. The third kappa shape index (κ3) is 4.73. The van der Waals surface area contributed by atoms with Crippen molar-refractivity contribution in [2.75, 3.05) is 0 Å². The lowest BCUT2D eigenvalue weighted by molar-refractivity contribution is -0.527. The Morgan fingerprint density at radius 2 is 1.43 bits per heavy atom. The first-order chi connectivity index (χ1) is 10.2. The molecule has 13 heteroatoms. The zero-order valence-electron chi connectivity index (χ0n) is 10.8. The minimum absolute atomic E-state index is 0.0476. The molecule has 1 rings (SSSR count). The van der Waals surface area contributed by atoms with Gasteiger partial charge in [-0.3, -0.25) is 0 Å². The normalized spacial score (nSPS) is 15.5. The SMILES string of the molecule is O=S(=O)(OC(F)(F)C(F)(F)C(F)CC(F)(F)F)[n+]1ccccc1. The molecular formula is C10H8F8NO3S+. The van der Waals surface area contributed by atoms with E-state index in [9.17, 15) is 43.5 Å². The summed E-state index contributed by atoms with van der Waals surface area (Å²) in [5.74, 6) is -6.04. The molecule has 0 spiro atoms. The maximum Gasteiger partial charge on any atom is 0.519 e. The number of nitrogens with zero attached hydrogens (tertiary/aromatic N) is 1. The zero-order chi connectivity index (χ0) is 18.1. The van der Waals surface area contributed by atoms with Gasteiger partial charge >= 0.3 is 28.5 Å². The maximum absolute atomic E-state index is 13.2. The van der Waals surface area contributed by atoms with E-state index in [1.54, 1.807) is 0 Å². The van der Waals surface area contributed by atoms with Crippen LogP contribution in [0.3, 0.4) is 0 Å². The highest BCUT2D eigenvalue weighted by Crippen LogP contribution is 2.43. The third-order valence-corrected chi connectivity index (χ3v) is 3.53. The number of aromatic nitrogens is 1. The average Bonchev–Trinajstić information content (AvgIpc) is 2.36. The van der Waals surface area contributed by atoms with Crippen LogP contribution in [0.4, 0.5) is 35.1 Å². The van der Waals surface area contributed by atoms with E-state index in [4.69, 9.17) is 0 Å². The highest BCUT2D eigenvalue weighted by atomic mass is 32.2. The van der Waals surface area contributed by atoms with Crippen molar-refractivity contribution in [3.8, 4) is 0 Å². The van der Waals surface area contributed by atoms with Gasteiger partial charge in [-0.25, -0.2) is 4.39 Å². The summed E-state index contributed by atoms with van der Waals surface area (Å²) in [5.41, 5.74) is 0. The molecule has 0 fully saturated rings. The molecule has 0 radical (unpaired) electrons. The lowest BCUT2D eigenvalue weighted by atomic mass is 10.1. The largest absolute Gasteiger partial charge is 0.519 e. The summed E-state index contributed by atoms with van der Waals surface area (Å²) in [6.45, 7) is 0. The van der Waals surface area contributed by atoms with Crippen molar-refractivity contribution in [2.45, 2.75) is 30.8 Å². The van der Waals surface area contributed by atoms with E-state index in [1.165, 1.54) is 6.07 Å². The van der Waals surface area contributed by atoms with Crippen molar-refractivity contribution in [3.63, 3.8) is 0 Å². The number of hydrogen-bond acceptors (Lipinski definition) is 3. The van der Waals surface area contributed by atoms with Crippen molar-refractivity contribution >= 4 is 10.3 Å². The van der Waals surface area contributed by atoms with Crippen molar-refractivity contribution in [1.29, 1.82) is 0 Å². The predicted molar refractivity (Wildman–Crippen MR) is 57.5 cm³/mol. The van der Waals surface area contributed by atoms with Gasteiger partial charge < -0.3 is 0 Å². The smallest absolute Gasteiger partial charge is 0.240 e. The molecule has 4 nitrogen and oxygen atoms in total. The summed E-state index contributed by atoms with van der Waals surface area (Å²) in [6.07, 6.45) is -17.6. The Hall–Kier alpha value is -1.50. The number of pyridine rings is 1. The van der Waals surface area contributed by atoms with E-state index in [0.717, 1.165) is 12.1 Å². The fourth-order valence-electron chi connectivity index (χ4n) is 1.28. The van der Waals surface area contributed by atoms with Gasteiger partial charge in [-0.05, 0) is 0 Å². The van der Waals surface area contributed by atoms with Crippen LogP contribution in [0, 0.1) is 0 Å². The molecule has 0 aliphatic rings. The van der Waals surface area contributed by atoms with E-state index in [2.05, 4.69) is 4.18 Å². The molecular weight excluding hydrogens is 366 g/mol. The van der Waals surface area contributed by atoms with Crippen LogP contribution in [-0.2, 0) is 14.5 Å². The second-order valence-corrected chi connectivity index (χ2v) is 5.62. The Bertz CT molecular complexity index is 631. The molecule has 0 N–H and O–H groups in total. The average molecular weight is 374 g/mol. The van der Waals surface area contributed by atoms with Crippen LogP contribution in [0.5, 0.6) is 0 Å². The van der Waals surface area contributed by atoms with Gasteiger partial charge in [-0.15, -0.1) is 12.6 Å². The Morgan fingerprint density at radius 1 is 0.957 bits per heavy atom. The summed E-state index contributed by atoms with van der Waals surface area (Å²) >= 11 is 0. The summed E-state index contributed by atoms with van der Waals surface area (Å²) < 4.78 is 127. The molecule has 1 aromatic rings. The zero-order valence-corrected chi connectivity index (χ0v) is 11.6. The molecule has 0 saturated heterocycles. The Balaban J connectivity index is 3.05. The van der Waals surface area contributed by atoms with Gasteiger partial charge in [0.2, 0.25) is 0 Å². The van der Waals surface area contributed by atoms with Crippen molar-refractivity contribution < 1.29 is 51.7 Å². The van der Waals surface area contributed by atoms with Gasteiger partial charge in [0.25, 0.3) is 0 Å². The summed E-state index contributed by atoms with van der Waals surface area (Å²) in [5, 5.41) is 0. The van der Waals surface area contributed by atoms with E-state index in [-0.39, 0.29) is 3.97 Å². The molecule has 1 heterocycles. The molecule has 1 atom stereocenters. The molecule has 1 unspecified atom stereocenters. The quantitative estimate of drug-likeness (QED) is 0.568. The van der Waals surface area contributed by atoms with Crippen LogP contribution < -0.4 is 3.97 Å². The molecule has 0 aliphatic carbocycles. The number of halogens is 8. The highest BCUT2D eigenvalue weighted by Gasteiger charge is 2.68. The topological polar surface area (TPSA) is 47.3 Å². The van der Waals surface area contributed by atoms with Gasteiger partial charge in [-0.2, -0.15) is 30.7 Å². The lowest BCUT2D eigenvalue weighted by Gasteiger charge is -2.27. The molecule has 23 heavy (non-hydrogen) atoms. The molecule has 132 valence electrons. The molecule has 0 amide bonds. The monoisotopic (exact) mass is 374 g/mol. The van der Waals surface area contributed by atoms with Crippen LogP contribution in [0.1, 0.15) is 6.42 Å². The maximum atomic E-state index is 13.2. The molecule has 0 saturated carbocycles. The Morgan fingerprint density at radius 3 is 1.87 bits per heavy atom.